The molecule has 0 radical (unpaired) electrons. The largest absolute Gasteiger partial charge is 0.465 e. The van der Waals surface area contributed by atoms with Gasteiger partial charge in [-0.1, -0.05) is 65.9 Å². The summed E-state index contributed by atoms with van der Waals surface area (Å²) >= 11 is 1.18. The number of esters is 2. The number of halogens is 1. The molecule has 0 saturated carbocycles. The van der Waals surface area contributed by atoms with Gasteiger partial charge < -0.3 is 9.47 Å². The molecule has 0 fully saturated rings. The van der Waals surface area contributed by atoms with Crippen LogP contribution < -0.4 is 14.9 Å². The minimum atomic E-state index is -0.889. The molecule has 0 spiro atoms. The molecule has 2 heterocycles. The number of fused-ring (bicyclic) bond motifs is 1. The minimum absolute atomic E-state index is 0.131. The van der Waals surface area contributed by atoms with Crippen LogP contribution in [0.3, 0.4) is 0 Å². The molecule has 1 aliphatic rings. The number of aromatic nitrogens is 1. The van der Waals surface area contributed by atoms with Crippen LogP contribution in [0.5, 0.6) is 0 Å². The van der Waals surface area contributed by atoms with Crippen molar-refractivity contribution in [1.82, 2.24) is 4.57 Å². The van der Waals surface area contributed by atoms with E-state index >= 15 is 0 Å². The number of benzene rings is 3. The molecule has 1 aromatic heterocycles. The second kappa shape index (κ2) is 11.0. The van der Waals surface area contributed by atoms with E-state index in [0.29, 0.717) is 37.3 Å². The first-order chi connectivity index (χ1) is 18.9. The molecule has 0 saturated heterocycles. The second-order valence-corrected chi connectivity index (χ2v) is 9.61. The van der Waals surface area contributed by atoms with E-state index < -0.39 is 23.8 Å². The Morgan fingerprint density at radius 1 is 1.00 bits per heavy atom. The highest BCUT2D eigenvalue weighted by Gasteiger charge is 2.35. The number of carbonyl (C=O) groups excluding carboxylic acids is 2. The molecule has 7 nitrogen and oxygen atoms in total. The number of hydrogen-bond acceptors (Lipinski definition) is 7. The first-order valence-electron chi connectivity index (χ1n) is 12.1. The third-order valence-corrected chi connectivity index (χ3v) is 7.17. The van der Waals surface area contributed by atoms with Crippen LogP contribution >= 0.6 is 11.3 Å². The zero-order chi connectivity index (χ0) is 27.5. The van der Waals surface area contributed by atoms with E-state index in [1.807, 2.05) is 30.3 Å². The van der Waals surface area contributed by atoms with Gasteiger partial charge >= 0.3 is 11.9 Å². The van der Waals surface area contributed by atoms with Crippen LogP contribution in [0.4, 0.5) is 4.39 Å². The van der Waals surface area contributed by atoms with E-state index in [4.69, 9.17) is 14.5 Å². The van der Waals surface area contributed by atoms with Crippen LogP contribution in [-0.2, 0) is 14.3 Å². The number of rotatable bonds is 6. The minimum Gasteiger partial charge on any atom is -0.465 e. The van der Waals surface area contributed by atoms with Crippen molar-refractivity contribution in [2.24, 2.45) is 4.99 Å². The van der Waals surface area contributed by atoms with Gasteiger partial charge in [-0.25, -0.2) is 19.0 Å². The van der Waals surface area contributed by atoms with Crippen molar-refractivity contribution in [1.29, 1.82) is 0 Å². The van der Waals surface area contributed by atoms with Crippen LogP contribution in [0.25, 0.3) is 11.8 Å². The average molecular weight is 543 g/mol. The normalized spacial score (nSPS) is 14.9. The smallest absolute Gasteiger partial charge is 0.338 e. The molecule has 196 valence electrons. The fraction of sp³-hybridized carbons (Fsp3) is 0.133. The van der Waals surface area contributed by atoms with E-state index in [2.05, 4.69) is 0 Å². The summed E-state index contributed by atoms with van der Waals surface area (Å²) in [5.41, 5.74) is 2.52. The summed E-state index contributed by atoms with van der Waals surface area (Å²) in [5, 5.41) is 0. The number of nitrogens with zero attached hydrogens (tertiary/aromatic N) is 2. The van der Waals surface area contributed by atoms with Gasteiger partial charge in [0.1, 0.15) is 5.82 Å². The van der Waals surface area contributed by atoms with Crippen LogP contribution in [0, 0.1) is 5.82 Å². The highest BCUT2D eigenvalue weighted by Crippen LogP contribution is 2.35. The lowest BCUT2D eigenvalue weighted by molar-refractivity contribution is -0.138. The summed E-state index contributed by atoms with van der Waals surface area (Å²) in [6.07, 6.45) is 1.70. The zero-order valence-corrected chi connectivity index (χ0v) is 21.9. The van der Waals surface area contributed by atoms with E-state index in [-0.39, 0.29) is 17.7 Å². The lowest BCUT2D eigenvalue weighted by Crippen LogP contribution is -2.40. The molecule has 39 heavy (non-hydrogen) atoms. The van der Waals surface area contributed by atoms with Crippen molar-refractivity contribution in [3.05, 3.63) is 132 Å². The quantitative estimate of drug-likeness (QED) is 0.346. The number of hydrogen-bond donors (Lipinski definition) is 0. The van der Waals surface area contributed by atoms with Crippen molar-refractivity contribution in [3.8, 4) is 0 Å². The van der Waals surface area contributed by atoms with Crippen LogP contribution in [0.2, 0.25) is 0 Å². The summed E-state index contributed by atoms with van der Waals surface area (Å²) in [6, 6.07) is 20.6. The number of thiazole rings is 1. The van der Waals surface area contributed by atoms with Crippen molar-refractivity contribution in [3.63, 3.8) is 0 Å². The van der Waals surface area contributed by atoms with Gasteiger partial charge in [-0.3, -0.25) is 9.36 Å². The van der Waals surface area contributed by atoms with Gasteiger partial charge in [-0.2, -0.15) is 0 Å². The molecule has 3 aromatic carbocycles. The third-order valence-electron chi connectivity index (χ3n) is 6.19. The first-order valence-corrected chi connectivity index (χ1v) is 12.9. The molecule has 0 aliphatic carbocycles. The molecular weight excluding hydrogens is 519 g/mol. The Balaban J connectivity index is 1.76. The second-order valence-electron chi connectivity index (χ2n) is 8.60. The lowest BCUT2D eigenvalue weighted by Gasteiger charge is -2.25. The maximum absolute atomic E-state index is 13.9. The maximum atomic E-state index is 13.9. The van der Waals surface area contributed by atoms with Gasteiger partial charge in [0, 0.05) is 5.56 Å². The number of ether oxygens (including phenoxy) is 2. The highest BCUT2D eigenvalue weighted by molar-refractivity contribution is 7.07. The average Bonchev–Trinajstić information content (AvgIpc) is 3.27. The van der Waals surface area contributed by atoms with Gasteiger partial charge in [0.05, 0.1) is 41.1 Å². The fourth-order valence-electron chi connectivity index (χ4n) is 4.39. The molecular formula is C30H23FN2O5S. The van der Waals surface area contributed by atoms with E-state index in [1.54, 1.807) is 49.4 Å². The zero-order valence-electron chi connectivity index (χ0n) is 21.1. The van der Waals surface area contributed by atoms with Gasteiger partial charge in [0.2, 0.25) is 0 Å². The summed E-state index contributed by atoms with van der Waals surface area (Å²) in [7, 11) is 1.31. The molecule has 0 N–H and O–H groups in total. The SMILES string of the molecule is CCOC(=O)C1=C(c2ccccc2)N=c2sc(=Cc3ccc(C(=O)OC)cc3)c(=O)n2[C@@H]1c1ccc(F)cc1. The Bertz CT molecular complexity index is 1760. The van der Waals surface area contributed by atoms with E-state index in [9.17, 15) is 18.8 Å². The van der Waals surface area contributed by atoms with E-state index in [0.717, 1.165) is 0 Å². The van der Waals surface area contributed by atoms with Gasteiger partial charge in [0.25, 0.3) is 5.56 Å². The van der Waals surface area contributed by atoms with Crippen molar-refractivity contribution in [2.45, 2.75) is 13.0 Å². The predicted octanol–water partition coefficient (Wildman–Crippen LogP) is 3.86. The summed E-state index contributed by atoms with van der Waals surface area (Å²) in [6.45, 7) is 1.83. The summed E-state index contributed by atoms with van der Waals surface area (Å²) in [5.74, 6) is -1.51. The van der Waals surface area contributed by atoms with Crippen molar-refractivity contribution >= 4 is 35.0 Å². The Hall–Kier alpha value is -4.63. The van der Waals surface area contributed by atoms with Crippen molar-refractivity contribution < 1.29 is 23.5 Å². The van der Waals surface area contributed by atoms with Gasteiger partial charge in [-0.05, 0) is 48.4 Å². The third kappa shape index (κ3) is 5.08. The van der Waals surface area contributed by atoms with Crippen LogP contribution in [0.15, 0.2) is 94.2 Å². The lowest BCUT2D eigenvalue weighted by atomic mass is 9.93. The highest BCUT2D eigenvalue weighted by atomic mass is 32.1. The fourth-order valence-corrected chi connectivity index (χ4v) is 5.39. The summed E-state index contributed by atoms with van der Waals surface area (Å²) < 4.78 is 25.9. The Morgan fingerprint density at radius 3 is 2.33 bits per heavy atom. The monoisotopic (exact) mass is 542 g/mol. The Labute approximate surface area is 226 Å². The molecule has 0 amide bonds. The van der Waals surface area contributed by atoms with Crippen molar-refractivity contribution in [2.75, 3.05) is 13.7 Å². The van der Waals surface area contributed by atoms with Crippen LogP contribution in [-0.4, -0.2) is 30.2 Å². The van der Waals surface area contributed by atoms with E-state index in [1.165, 1.54) is 35.1 Å². The first kappa shape index (κ1) is 26.0. The molecule has 1 atom stereocenters. The Morgan fingerprint density at radius 2 is 1.69 bits per heavy atom. The molecule has 4 aromatic rings. The number of carbonyl (C=O) groups is 2. The molecule has 1 aliphatic heterocycles. The maximum Gasteiger partial charge on any atom is 0.338 e. The predicted molar refractivity (Wildman–Crippen MR) is 145 cm³/mol. The Kier molecular flexibility index (Phi) is 7.33. The molecule has 0 unspecified atom stereocenters. The number of methoxy groups -OCH3 is 1. The van der Waals surface area contributed by atoms with Crippen LogP contribution in [0.1, 0.15) is 40.0 Å². The topological polar surface area (TPSA) is 87.0 Å². The van der Waals surface area contributed by atoms with Gasteiger partial charge in [-0.15, -0.1) is 0 Å². The molecule has 5 rings (SSSR count). The summed E-state index contributed by atoms with van der Waals surface area (Å²) in [4.78, 5) is 44.1. The van der Waals surface area contributed by atoms with Gasteiger partial charge in [0.15, 0.2) is 4.80 Å². The molecule has 9 heteroatoms. The standard InChI is InChI=1S/C30H23FN2O5S/c1-3-38-29(36)24-25(19-7-5-4-6-8-19)32-30-33(26(24)20-13-15-22(31)16-14-20)27(34)23(39-30)17-18-9-11-21(12-10-18)28(35)37-2/h4-17,26H,3H2,1-2H3/t26-/m1/s1. The molecule has 0 bridgehead atoms.